The van der Waals surface area contributed by atoms with Crippen molar-refractivity contribution in [2.24, 2.45) is 11.8 Å². The average Bonchev–Trinajstić information content (AvgIpc) is 2.31. The topological polar surface area (TPSA) is 76.4 Å². The minimum absolute atomic E-state index is 0.0807. The van der Waals surface area contributed by atoms with Crippen molar-refractivity contribution in [3.05, 3.63) is 12.2 Å². The molecule has 0 heterocycles. The maximum absolute atomic E-state index is 11.3. The van der Waals surface area contributed by atoms with Crippen LogP contribution < -0.4 is 0 Å². The fraction of sp³-hybridized carbons (Fsp3) is 0.545. The summed E-state index contributed by atoms with van der Waals surface area (Å²) in [5.74, 6) is -2.26. The lowest BCUT2D eigenvalue weighted by atomic mass is 9.95. The zero-order chi connectivity index (χ0) is 12.6. The summed E-state index contributed by atoms with van der Waals surface area (Å²) in [5.41, 5.74) is 0. The zero-order valence-electron chi connectivity index (χ0n) is 9.60. The molecule has 0 aliphatic carbocycles. The van der Waals surface area contributed by atoms with E-state index in [1.54, 1.807) is 13.0 Å². The Kier molecular flexibility index (Phi) is 6.61. The molecule has 0 rings (SSSR count). The van der Waals surface area contributed by atoms with Crippen molar-refractivity contribution in [2.45, 2.75) is 13.3 Å². The normalized spacial score (nSPS) is 12.2. The van der Waals surface area contributed by atoms with Crippen LogP contribution in [0.5, 0.6) is 0 Å². The van der Waals surface area contributed by atoms with Gasteiger partial charge >= 0.3 is 11.9 Å². The van der Waals surface area contributed by atoms with E-state index in [9.17, 15) is 9.59 Å². The lowest BCUT2D eigenvalue weighted by molar-refractivity contribution is -0.159. The van der Waals surface area contributed by atoms with Crippen LogP contribution in [0.4, 0.5) is 0 Å². The first-order valence-corrected chi connectivity index (χ1v) is 4.78. The van der Waals surface area contributed by atoms with Crippen LogP contribution in [0.1, 0.15) is 13.3 Å². The molecular formula is C11H15NO4. The average molecular weight is 225 g/mol. The van der Waals surface area contributed by atoms with Crippen LogP contribution in [0, 0.1) is 23.2 Å². The van der Waals surface area contributed by atoms with Gasteiger partial charge < -0.3 is 9.47 Å². The minimum Gasteiger partial charge on any atom is -0.468 e. The number of hydrogen-bond donors (Lipinski definition) is 0. The molecule has 0 N–H and O–H groups in total. The summed E-state index contributed by atoms with van der Waals surface area (Å²) >= 11 is 0. The number of carbonyl (C=O) groups excluding carboxylic acids is 2. The smallest absolute Gasteiger partial charge is 0.320 e. The predicted octanol–water partition coefficient (Wildman–Crippen LogP) is 1.05. The van der Waals surface area contributed by atoms with Crippen LogP contribution >= 0.6 is 0 Å². The van der Waals surface area contributed by atoms with Crippen molar-refractivity contribution in [1.29, 1.82) is 5.26 Å². The van der Waals surface area contributed by atoms with E-state index in [4.69, 9.17) is 5.26 Å². The predicted molar refractivity (Wildman–Crippen MR) is 56.1 cm³/mol. The van der Waals surface area contributed by atoms with E-state index < -0.39 is 17.9 Å². The summed E-state index contributed by atoms with van der Waals surface area (Å²) in [4.78, 5) is 22.6. The van der Waals surface area contributed by atoms with Crippen LogP contribution in [0.3, 0.4) is 0 Å². The van der Waals surface area contributed by atoms with E-state index in [1.165, 1.54) is 20.3 Å². The second kappa shape index (κ2) is 7.46. The molecule has 0 fully saturated rings. The largest absolute Gasteiger partial charge is 0.468 e. The quantitative estimate of drug-likeness (QED) is 0.397. The van der Waals surface area contributed by atoms with Crippen molar-refractivity contribution in [2.75, 3.05) is 14.2 Å². The molecule has 1 atom stereocenters. The first-order valence-electron chi connectivity index (χ1n) is 4.78. The van der Waals surface area contributed by atoms with E-state index in [-0.39, 0.29) is 12.3 Å². The molecule has 0 saturated heterocycles. The molecule has 0 spiro atoms. The Morgan fingerprint density at radius 3 is 2.19 bits per heavy atom. The van der Waals surface area contributed by atoms with E-state index in [2.05, 4.69) is 9.47 Å². The van der Waals surface area contributed by atoms with Gasteiger partial charge in [-0.05, 0) is 12.3 Å². The number of esters is 2. The second-order valence-corrected chi connectivity index (χ2v) is 3.30. The van der Waals surface area contributed by atoms with Gasteiger partial charge in [-0.2, -0.15) is 5.26 Å². The Morgan fingerprint density at radius 2 is 1.81 bits per heavy atom. The summed E-state index contributed by atoms with van der Waals surface area (Å²) in [6.07, 6.45) is 3.20. The van der Waals surface area contributed by atoms with E-state index in [1.807, 2.05) is 6.07 Å². The van der Waals surface area contributed by atoms with Gasteiger partial charge in [-0.15, -0.1) is 0 Å². The lowest BCUT2D eigenvalue weighted by Crippen LogP contribution is -2.27. The van der Waals surface area contributed by atoms with Gasteiger partial charge in [0.1, 0.15) is 0 Å². The Hall–Kier alpha value is -1.83. The Morgan fingerprint density at radius 1 is 1.31 bits per heavy atom. The molecule has 88 valence electrons. The lowest BCUT2D eigenvalue weighted by Gasteiger charge is -2.14. The number of allylic oxidation sites excluding steroid dienone is 2. The Bertz CT molecular complexity index is 300. The molecule has 0 amide bonds. The standard InChI is InChI=1S/C11H15NO4/c1-8(5-4-6-12)7-9(10(13)15-2)11(14)16-3/h4-5,8-9H,7H2,1-3H3/b5-4+/t8-/m0/s1. The van der Waals surface area contributed by atoms with Crippen molar-refractivity contribution in [3.8, 4) is 6.07 Å². The highest BCUT2D eigenvalue weighted by Crippen LogP contribution is 2.16. The van der Waals surface area contributed by atoms with Gasteiger partial charge in [0.05, 0.1) is 20.3 Å². The molecule has 0 aromatic heterocycles. The number of nitrogens with zero attached hydrogens (tertiary/aromatic N) is 1. The highest BCUT2D eigenvalue weighted by atomic mass is 16.5. The molecule has 5 nitrogen and oxygen atoms in total. The van der Waals surface area contributed by atoms with Crippen LogP contribution in [0.2, 0.25) is 0 Å². The molecule has 0 aromatic rings. The zero-order valence-corrected chi connectivity index (χ0v) is 9.60. The maximum Gasteiger partial charge on any atom is 0.320 e. The van der Waals surface area contributed by atoms with Gasteiger partial charge in [0.2, 0.25) is 0 Å². The maximum atomic E-state index is 11.3. The van der Waals surface area contributed by atoms with Gasteiger partial charge in [0.15, 0.2) is 5.92 Å². The second-order valence-electron chi connectivity index (χ2n) is 3.30. The van der Waals surface area contributed by atoms with E-state index in [0.29, 0.717) is 0 Å². The van der Waals surface area contributed by atoms with Crippen molar-refractivity contribution in [3.63, 3.8) is 0 Å². The Balaban J connectivity index is 4.56. The van der Waals surface area contributed by atoms with Crippen molar-refractivity contribution < 1.29 is 19.1 Å². The highest BCUT2D eigenvalue weighted by molar-refractivity contribution is 5.94. The molecular weight excluding hydrogens is 210 g/mol. The Labute approximate surface area is 94.6 Å². The van der Waals surface area contributed by atoms with Crippen LogP contribution in [-0.4, -0.2) is 26.2 Å². The number of carbonyl (C=O) groups is 2. The van der Waals surface area contributed by atoms with E-state index >= 15 is 0 Å². The third-order valence-corrected chi connectivity index (χ3v) is 2.08. The third-order valence-electron chi connectivity index (χ3n) is 2.08. The minimum atomic E-state index is -0.937. The van der Waals surface area contributed by atoms with Gasteiger partial charge in [-0.3, -0.25) is 9.59 Å². The molecule has 0 saturated carbocycles. The van der Waals surface area contributed by atoms with Crippen LogP contribution in [0.25, 0.3) is 0 Å². The highest BCUT2D eigenvalue weighted by Gasteiger charge is 2.29. The van der Waals surface area contributed by atoms with Gasteiger partial charge in [-0.25, -0.2) is 0 Å². The SMILES string of the molecule is COC(=O)C(C[C@@H](C)/C=C/C#N)C(=O)OC. The van der Waals surface area contributed by atoms with Crippen LogP contribution in [-0.2, 0) is 19.1 Å². The summed E-state index contributed by atoms with van der Waals surface area (Å²) in [5, 5.41) is 8.34. The summed E-state index contributed by atoms with van der Waals surface area (Å²) in [6.45, 7) is 1.80. The number of ether oxygens (including phenoxy) is 2. The molecule has 0 unspecified atom stereocenters. The fourth-order valence-corrected chi connectivity index (χ4v) is 1.23. The monoisotopic (exact) mass is 225 g/mol. The number of nitriles is 1. The molecule has 5 heteroatoms. The van der Waals surface area contributed by atoms with Crippen molar-refractivity contribution in [1.82, 2.24) is 0 Å². The van der Waals surface area contributed by atoms with Crippen LogP contribution in [0.15, 0.2) is 12.2 Å². The van der Waals surface area contributed by atoms with Gasteiger partial charge in [0, 0.05) is 6.08 Å². The van der Waals surface area contributed by atoms with Crippen molar-refractivity contribution >= 4 is 11.9 Å². The summed E-state index contributed by atoms with van der Waals surface area (Å²) in [6, 6.07) is 1.85. The first-order chi connectivity index (χ1) is 7.56. The van der Waals surface area contributed by atoms with Gasteiger partial charge in [-0.1, -0.05) is 13.0 Å². The summed E-state index contributed by atoms with van der Waals surface area (Å²) < 4.78 is 9.02. The number of methoxy groups -OCH3 is 2. The molecule has 0 aliphatic heterocycles. The molecule has 0 radical (unpaired) electrons. The summed E-state index contributed by atoms with van der Waals surface area (Å²) in [7, 11) is 2.43. The number of hydrogen-bond acceptors (Lipinski definition) is 5. The number of rotatable bonds is 5. The molecule has 0 aliphatic rings. The molecule has 0 bridgehead atoms. The fourth-order valence-electron chi connectivity index (χ4n) is 1.23. The molecule has 16 heavy (non-hydrogen) atoms. The van der Waals surface area contributed by atoms with E-state index in [0.717, 1.165) is 0 Å². The molecule has 0 aromatic carbocycles. The first kappa shape index (κ1) is 14.2. The van der Waals surface area contributed by atoms with Gasteiger partial charge in [0.25, 0.3) is 0 Å². The third kappa shape index (κ3) is 4.60.